The molecule has 0 saturated heterocycles. The Balaban J connectivity index is 1.16. The fourth-order valence-electron chi connectivity index (χ4n) is 12.7. The van der Waals surface area contributed by atoms with Crippen LogP contribution in [0.2, 0.25) is 0 Å². The van der Waals surface area contributed by atoms with Crippen molar-refractivity contribution in [1.29, 1.82) is 0 Å². The molecule has 332 valence electrons. The zero-order valence-electron chi connectivity index (χ0n) is 38.1. The number of ether oxygens (including phenoxy) is 2. The van der Waals surface area contributed by atoms with Crippen LogP contribution in [0.4, 0.5) is 0 Å². The lowest BCUT2D eigenvalue weighted by Gasteiger charge is -2.61. The normalized spacial score (nSPS) is 29.6. The highest BCUT2D eigenvalue weighted by atomic mass is 16.5. The van der Waals surface area contributed by atoms with Gasteiger partial charge < -0.3 is 19.7 Å². The topological polar surface area (TPSA) is 102 Å². The minimum absolute atomic E-state index is 0.183. The molecule has 0 radical (unpaired) electrons. The van der Waals surface area contributed by atoms with E-state index in [9.17, 15) is 19.2 Å². The number of carbonyl (C=O) groups excluding carboxylic acids is 4. The van der Waals surface area contributed by atoms with Crippen molar-refractivity contribution in [3.05, 3.63) is 12.2 Å². The predicted molar refractivity (Wildman–Crippen MR) is 235 cm³/mol. The van der Waals surface area contributed by atoms with Gasteiger partial charge in [0.1, 0.15) is 13.1 Å². The number of carbonyl (C=O) groups is 4. The molecule has 0 aromatic carbocycles. The summed E-state index contributed by atoms with van der Waals surface area (Å²) in [6.07, 6.45) is 34.3. The maximum absolute atomic E-state index is 13.4. The first-order valence-corrected chi connectivity index (χ1v) is 24.5. The van der Waals surface area contributed by atoms with E-state index in [1.807, 2.05) is 0 Å². The smallest absolute Gasteiger partial charge is 0.325 e. The van der Waals surface area contributed by atoms with E-state index < -0.39 is 11.9 Å². The molecule has 0 aromatic rings. The summed E-state index contributed by atoms with van der Waals surface area (Å²) >= 11 is 0. The van der Waals surface area contributed by atoms with Crippen molar-refractivity contribution in [2.45, 2.75) is 208 Å². The highest BCUT2D eigenvalue weighted by Gasteiger charge is 2.60. The van der Waals surface area contributed by atoms with E-state index in [4.69, 9.17) is 9.47 Å². The quantitative estimate of drug-likeness (QED) is 0.0530. The van der Waals surface area contributed by atoms with Crippen molar-refractivity contribution in [3.63, 3.8) is 0 Å². The molecule has 0 spiro atoms. The fourth-order valence-corrected chi connectivity index (χ4v) is 12.7. The van der Waals surface area contributed by atoms with Crippen LogP contribution >= 0.6 is 0 Å². The molecular weight excluding hydrogens is 725 g/mol. The number of nitrogens with one attached hydrogen (secondary N) is 1. The Hall–Kier alpha value is -2.38. The van der Waals surface area contributed by atoms with E-state index in [2.05, 4.69) is 45.2 Å². The van der Waals surface area contributed by atoms with E-state index in [0.29, 0.717) is 42.1 Å². The molecule has 8 nitrogen and oxygen atoms in total. The number of allylic oxidation sites excluding steroid dienone is 2. The van der Waals surface area contributed by atoms with E-state index in [0.717, 1.165) is 49.9 Å². The van der Waals surface area contributed by atoms with E-state index in [-0.39, 0.29) is 43.5 Å². The van der Waals surface area contributed by atoms with Gasteiger partial charge in [-0.1, -0.05) is 91.2 Å². The Kier molecular flexibility index (Phi) is 20.6. The lowest BCUT2D eigenvalue weighted by Crippen LogP contribution is -2.55. The van der Waals surface area contributed by atoms with Crippen LogP contribution < -0.4 is 5.32 Å². The zero-order valence-corrected chi connectivity index (χ0v) is 38.1. The van der Waals surface area contributed by atoms with Gasteiger partial charge in [-0.2, -0.15) is 0 Å². The van der Waals surface area contributed by atoms with Gasteiger partial charge in [-0.05, 0) is 156 Å². The van der Waals surface area contributed by atoms with Gasteiger partial charge in [0.2, 0.25) is 11.8 Å². The second-order valence-corrected chi connectivity index (χ2v) is 19.6. The molecule has 0 aromatic heterocycles. The van der Waals surface area contributed by atoms with Gasteiger partial charge in [0.05, 0.1) is 13.2 Å². The van der Waals surface area contributed by atoms with Crippen LogP contribution in [-0.4, -0.2) is 61.0 Å². The molecule has 4 rings (SSSR count). The van der Waals surface area contributed by atoms with Crippen molar-refractivity contribution in [1.82, 2.24) is 10.2 Å². The molecule has 0 aliphatic heterocycles. The number of unbranched alkanes of at least 4 members (excludes halogenated alkanes) is 11. The Morgan fingerprint density at radius 2 is 1.28 bits per heavy atom. The summed E-state index contributed by atoms with van der Waals surface area (Å²) in [5.74, 6) is 3.04. The number of hydrogen-bond acceptors (Lipinski definition) is 6. The standard InChI is InChI=1S/C50H86N2O6/c1-7-10-11-12-13-14-15-16-17-18-19-20-21-22-23-24-45(53)51-40-31-33-49(5)39(35-40)26-27-41-43-29-28-42(50(43,6)34-32-44(41)49)38(4)25-30-46(54)52(36-47(55)57-8-2)37-48(56)58-9-3/h16-17,38-44H,7-15,18-37H2,1-6H3,(H,51,53)/b17-16-/t38-,39?,40+,41?,42-,43?,44?,49+,50-/m1/s1. The van der Waals surface area contributed by atoms with Crippen LogP contribution in [0.5, 0.6) is 0 Å². The average Bonchev–Trinajstić information content (AvgIpc) is 3.55. The van der Waals surface area contributed by atoms with E-state index >= 15 is 0 Å². The van der Waals surface area contributed by atoms with E-state index in [1.54, 1.807) is 13.8 Å². The Labute approximate surface area is 354 Å². The van der Waals surface area contributed by atoms with Crippen LogP contribution in [0.3, 0.4) is 0 Å². The van der Waals surface area contributed by atoms with Crippen molar-refractivity contribution in [2.75, 3.05) is 26.3 Å². The van der Waals surface area contributed by atoms with Gasteiger partial charge in [0.15, 0.2) is 0 Å². The maximum atomic E-state index is 13.4. The van der Waals surface area contributed by atoms with Gasteiger partial charge in [-0.25, -0.2) is 0 Å². The Morgan fingerprint density at radius 3 is 1.91 bits per heavy atom. The van der Waals surface area contributed by atoms with E-state index in [1.165, 1.54) is 120 Å². The molecule has 2 amide bonds. The third kappa shape index (κ3) is 13.8. The van der Waals surface area contributed by atoms with Gasteiger partial charge in [-0.3, -0.25) is 19.2 Å². The van der Waals surface area contributed by atoms with Crippen molar-refractivity contribution >= 4 is 23.8 Å². The summed E-state index contributed by atoms with van der Waals surface area (Å²) in [6, 6.07) is 0.337. The zero-order chi connectivity index (χ0) is 42.0. The van der Waals surface area contributed by atoms with Gasteiger partial charge in [-0.15, -0.1) is 0 Å². The van der Waals surface area contributed by atoms with Gasteiger partial charge in [0.25, 0.3) is 0 Å². The first-order valence-electron chi connectivity index (χ1n) is 24.5. The third-order valence-corrected chi connectivity index (χ3v) is 15.9. The Morgan fingerprint density at radius 1 is 0.690 bits per heavy atom. The summed E-state index contributed by atoms with van der Waals surface area (Å²) < 4.78 is 10.2. The summed E-state index contributed by atoms with van der Waals surface area (Å²) in [5.41, 5.74) is 0.657. The largest absolute Gasteiger partial charge is 0.465 e. The number of fused-ring (bicyclic) bond motifs is 5. The van der Waals surface area contributed by atoms with Crippen LogP contribution in [-0.2, 0) is 28.7 Å². The molecule has 9 atom stereocenters. The second kappa shape index (κ2) is 24.8. The highest BCUT2D eigenvalue weighted by molar-refractivity contribution is 5.86. The molecule has 4 unspecified atom stereocenters. The minimum Gasteiger partial charge on any atom is -0.465 e. The first kappa shape index (κ1) is 48.3. The summed E-state index contributed by atoms with van der Waals surface area (Å²) in [7, 11) is 0. The van der Waals surface area contributed by atoms with Crippen molar-refractivity contribution in [2.24, 2.45) is 46.3 Å². The predicted octanol–water partition coefficient (Wildman–Crippen LogP) is 11.5. The lowest BCUT2D eigenvalue weighted by atomic mass is 9.44. The molecule has 4 fully saturated rings. The van der Waals surface area contributed by atoms with Gasteiger partial charge in [0, 0.05) is 18.9 Å². The van der Waals surface area contributed by atoms with Crippen LogP contribution in [0.1, 0.15) is 202 Å². The minimum atomic E-state index is -0.498. The molecule has 1 N–H and O–H groups in total. The second-order valence-electron chi connectivity index (χ2n) is 19.6. The van der Waals surface area contributed by atoms with Crippen LogP contribution in [0.15, 0.2) is 12.2 Å². The molecule has 4 aliphatic carbocycles. The number of amides is 2. The van der Waals surface area contributed by atoms with Crippen molar-refractivity contribution in [3.8, 4) is 0 Å². The average molecular weight is 811 g/mol. The molecule has 4 aliphatic rings. The lowest BCUT2D eigenvalue weighted by molar-refractivity contribution is -0.154. The van der Waals surface area contributed by atoms with Crippen molar-refractivity contribution < 1.29 is 28.7 Å². The molecule has 58 heavy (non-hydrogen) atoms. The maximum Gasteiger partial charge on any atom is 0.325 e. The molecule has 0 bridgehead atoms. The third-order valence-electron chi connectivity index (χ3n) is 15.9. The SMILES string of the molecule is CCCCCCCC/C=C\CCCCCCCC(=O)N[C@H]1CC[C@@]2(C)C(CCC3C2CC[C@@]2(C)C3CC[C@@H]2[C@H](C)CCC(=O)N(CC(=O)OCC)CC(=O)OCC)C1. The number of hydrogen-bond donors (Lipinski definition) is 1. The Bertz CT molecular complexity index is 1280. The fraction of sp³-hybridized carbons (Fsp3) is 0.880. The monoisotopic (exact) mass is 811 g/mol. The van der Waals surface area contributed by atoms with Gasteiger partial charge >= 0.3 is 11.9 Å². The molecule has 8 heteroatoms. The molecule has 0 heterocycles. The summed E-state index contributed by atoms with van der Waals surface area (Å²) in [4.78, 5) is 52.2. The molecule has 4 saturated carbocycles. The first-order chi connectivity index (χ1) is 28.0. The summed E-state index contributed by atoms with van der Waals surface area (Å²) in [6.45, 7) is 13.3. The molecular formula is C50H86N2O6. The van der Waals surface area contributed by atoms with Crippen LogP contribution in [0.25, 0.3) is 0 Å². The highest BCUT2D eigenvalue weighted by Crippen LogP contribution is 2.68. The number of rotatable bonds is 26. The number of esters is 2. The summed E-state index contributed by atoms with van der Waals surface area (Å²) in [5, 5.41) is 3.49. The number of nitrogens with zero attached hydrogens (tertiary/aromatic N) is 1. The van der Waals surface area contributed by atoms with Crippen LogP contribution in [0, 0.1) is 46.3 Å².